The molecule has 0 atom stereocenters. The van der Waals surface area contributed by atoms with E-state index in [4.69, 9.17) is 16.3 Å². The highest BCUT2D eigenvalue weighted by atomic mass is 35.5. The molecule has 4 rings (SSSR count). The van der Waals surface area contributed by atoms with Crippen molar-refractivity contribution >= 4 is 51.6 Å². The van der Waals surface area contributed by atoms with E-state index in [1.54, 1.807) is 43.3 Å². The lowest BCUT2D eigenvalue weighted by Crippen LogP contribution is -2.30. The van der Waals surface area contributed by atoms with Crippen molar-refractivity contribution in [3.63, 3.8) is 0 Å². The van der Waals surface area contributed by atoms with Crippen LogP contribution < -0.4 is 5.32 Å². The molecule has 192 valence electrons. The highest BCUT2D eigenvalue weighted by Crippen LogP contribution is 2.40. The van der Waals surface area contributed by atoms with Gasteiger partial charge in [-0.15, -0.1) is 11.3 Å². The number of benzene rings is 2. The van der Waals surface area contributed by atoms with Gasteiger partial charge in [0.05, 0.1) is 17.7 Å². The first-order valence-corrected chi connectivity index (χ1v) is 13.3. The number of amides is 3. The molecule has 0 saturated heterocycles. The number of carbonyl (C=O) groups excluding carboxylic acids is 4. The Kier molecular flexibility index (Phi) is 8.41. The number of ether oxygens (including phenoxy) is 1. The van der Waals surface area contributed by atoms with E-state index >= 15 is 0 Å². The minimum Gasteiger partial charge on any atom is -0.462 e. The number of esters is 1. The Morgan fingerprint density at radius 3 is 2.24 bits per heavy atom. The van der Waals surface area contributed by atoms with Crippen LogP contribution in [0.5, 0.6) is 0 Å². The van der Waals surface area contributed by atoms with Gasteiger partial charge in [-0.3, -0.25) is 19.3 Å². The third-order valence-corrected chi connectivity index (χ3v) is 7.39. The van der Waals surface area contributed by atoms with Gasteiger partial charge < -0.3 is 10.1 Å². The van der Waals surface area contributed by atoms with Crippen LogP contribution in [0.1, 0.15) is 68.6 Å². The van der Waals surface area contributed by atoms with Crippen LogP contribution in [-0.4, -0.2) is 41.7 Å². The van der Waals surface area contributed by atoms with Crippen molar-refractivity contribution < 1.29 is 23.9 Å². The fourth-order valence-corrected chi connectivity index (χ4v) is 5.56. The second kappa shape index (κ2) is 11.7. The van der Waals surface area contributed by atoms with Gasteiger partial charge in [0, 0.05) is 28.4 Å². The van der Waals surface area contributed by atoms with E-state index in [1.165, 1.54) is 16.2 Å². The van der Waals surface area contributed by atoms with Gasteiger partial charge in [0.2, 0.25) is 5.91 Å². The number of aryl methyl sites for hydroxylation is 1. The Labute approximate surface area is 224 Å². The van der Waals surface area contributed by atoms with E-state index < -0.39 is 5.97 Å². The number of carbonyl (C=O) groups is 4. The van der Waals surface area contributed by atoms with Crippen LogP contribution in [0.25, 0.3) is 11.1 Å². The van der Waals surface area contributed by atoms with Gasteiger partial charge in [-0.2, -0.15) is 0 Å². The van der Waals surface area contributed by atoms with Crippen molar-refractivity contribution in [3.8, 4) is 11.1 Å². The van der Waals surface area contributed by atoms with Crippen LogP contribution in [0.15, 0.2) is 48.5 Å². The van der Waals surface area contributed by atoms with Gasteiger partial charge >= 0.3 is 5.97 Å². The number of unbranched alkanes of at least 4 members (excludes halogenated alkanes) is 2. The number of imide groups is 1. The van der Waals surface area contributed by atoms with Crippen LogP contribution >= 0.6 is 22.9 Å². The van der Waals surface area contributed by atoms with Gasteiger partial charge in [-0.05, 0) is 56.5 Å². The molecule has 37 heavy (non-hydrogen) atoms. The Hall–Kier alpha value is -3.49. The monoisotopic (exact) mass is 538 g/mol. The summed E-state index contributed by atoms with van der Waals surface area (Å²) in [7, 11) is 0. The maximum atomic E-state index is 12.8. The van der Waals surface area contributed by atoms with Gasteiger partial charge in [-0.1, -0.05) is 42.3 Å². The molecule has 1 N–H and O–H groups in total. The molecule has 2 heterocycles. The fraction of sp³-hybridized carbons (Fsp3) is 0.286. The molecule has 7 nitrogen and oxygen atoms in total. The number of fused-ring (bicyclic) bond motifs is 1. The summed E-state index contributed by atoms with van der Waals surface area (Å²) < 4.78 is 5.28. The number of rotatable bonds is 10. The first-order valence-electron chi connectivity index (χ1n) is 12.1. The first-order chi connectivity index (χ1) is 17.8. The van der Waals surface area contributed by atoms with E-state index in [9.17, 15) is 19.2 Å². The summed E-state index contributed by atoms with van der Waals surface area (Å²) in [6.45, 7) is 4.16. The molecule has 9 heteroatoms. The summed E-state index contributed by atoms with van der Waals surface area (Å²) in [6.07, 6.45) is 2.10. The Morgan fingerprint density at radius 2 is 1.62 bits per heavy atom. The van der Waals surface area contributed by atoms with Crippen LogP contribution in [0, 0.1) is 6.92 Å². The van der Waals surface area contributed by atoms with E-state index in [0.29, 0.717) is 52.5 Å². The molecule has 0 spiro atoms. The number of nitrogens with zero attached hydrogens (tertiary/aromatic N) is 1. The lowest BCUT2D eigenvalue weighted by molar-refractivity contribution is -0.116. The SMILES string of the molecule is CCOC(=O)c1c(NC(=O)CCCCCN2C(=O)c3ccccc3C2=O)sc(C)c1-c1ccc(Cl)cc1. The van der Waals surface area contributed by atoms with Crippen LogP contribution in [0.4, 0.5) is 5.00 Å². The zero-order chi connectivity index (χ0) is 26.5. The molecule has 0 saturated carbocycles. The number of hydrogen-bond acceptors (Lipinski definition) is 6. The van der Waals surface area contributed by atoms with E-state index in [2.05, 4.69) is 5.32 Å². The largest absolute Gasteiger partial charge is 0.462 e. The standard InChI is InChI=1S/C28H27ClN2O5S/c1-3-36-28(35)24-23(18-12-14-19(29)15-13-18)17(2)37-25(24)30-22(32)11-5-4-8-16-31-26(33)20-9-6-7-10-21(20)27(31)34/h6-7,9-10,12-15H,3-5,8,11,16H2,1-2H3,(H,30,32). The number of anilines is 1. The number of hydrogen-bond donors (Lipinski definition) is 1. The zero-order valence-corrected chi connectivity index (χ0v) is 22.2. The van der Waals surface area contributed by atoms with Crippen molar-refractivity contribution in [2.75, 3.05) is 18.5 Å². The van der Waals surface area contributed by atoms with Crippen molar-refractivity contribution in [2.45, 2.75) is 39.5 Å². The third-order valence-electron chi connectivity index (χ3n) is 6.11. The molecule has 0 fully saturated rings. The minimum absolute atomic E-state index is 0.213. The maximum Gasteiger partial charge on any atom is 0.341 e. The summed E-state index contributed by atoms with van der Waals surface area (Å²) in [5.74, 6) is -1.24. The molecule has 0 unspecified atom stereocenters. The summed E-state index contributed by atoms with van der Waals surface area (Å²) in [5.41, 5.74) is 2.75. The predicted molar refractivity (Wildman–Crippen MR) is 144 cm³/mol. The Balaban J connectivity index is 1.35. The summed E-state index contributed by atoms with van der Waals surface area (Å²) in [6, 6.07) is 14.0. The van der Waals surface area contributed by atoms with Gasteiger partial charge in [0.15, 0.2) is 0 Å². The quantitative estimate of drug-likeness (QED) is 0.184. The average Bonchev–Trinajstić information content (AvgIpc) is 3.33. The van der Waals surface area contributed by atoms with Crippen LogP contribution in [0.3, 0.4) is 0 Å². The Morgan fingerprint density at radius 1 is 0.973 bits per heavy atom. The second-order valence-electron chi connectivity index (χ2n) is 8.63. The first kappa shape index (κ1) is 26.6. The summed E-state index contributed by atoms with van der Waals surface area (Å²) in [4.78, 5) is 52.6. The molecule has 1 aliphatic rings. The van der Waals surface area contributed by atoms with Crippen molar-refractivity contribution in [2.24, 2.45) is 0 Å². The molecule has 1 aromatic heterocycles. The van der Waals surface area contributed by atoms with E-state index in [0.717, 1.165) is 16.0 Å². The molecular formula is C28H27ClN2O5S. The topological polar surface area (TPSA) is 92.8 Å². The smallest absolute Gasteiger partial charge is 0.341 e. The molecule has 0 aliphatic carbocycles. The highest BCUT2D eigenvalue weighted by Gasteiger charge is 2.34. The lowest BCUT2D eigenvalue weighted by Gasteiger charge is -2.13. The zero-order valence-electron chi connectivity index (χ0n) is 20.6. The molecule has 0 bridgehead atoms. The average molecular weight is 539 g/mol. The number of halogens is 1. The predicted octanol–water partition coefficient (Wildman–Crippen LogP) is 6.35. The van der Waals surface area contributed by atoms with Crippen molar-refractivity contribution in [1.82, 2.24) is 4.90 Å². The van der Waals surface area contributed by atoms with Gasteiger partial charge in [-0.25, -0.2) is 4.79 Å². The van der Waals surface area contributed by atoms with Crippen molar-refractivity contribution in [3.05, 3.63) is 75.1 Å². The highest BCUT2D eigenvalue weighted by molar-refractivity contribution is 7.17. The van der Waals surface area contributed by atoms with Crippen molar-refractivity contribution in [1.29, 1.82) is 0 Å². The second-order valence-corrected chi connectivity index (χ2v) is 10.3. The van der Waals surface area contributed by atoms with Gasteiger partial charge in [0.25, 0.3) is 11.8 Å². The minimum atomic E-state index is -0.493. The third kappa shape index (κ3) is 5.76. The maximum absolute atomic E-state index is 12.8. The van der Waals surface area contributed by atoms with E-state index in [1.807, 2.05) is 19.1 Å². The molecule has 3 aromatic rings. The number of nitrogens with one attached hydrogen (secondary N) is 1. The normalized spacial score (nSPS) is 12.6. The fourth-order valence-electron chi connectivity index (χ4n) is 4.36. The molecule has 0 radical (unpaired) electrons. The summed E-state index contributed by atoms with van der Waals surface area (Å²) in [5, 5.41) is 3.93. The lowest BCUT2D eigenvalue weighted by atomic mass is 10.0. The van der Waals surface area contributed by atoms with Gasteiger partial charge in [0.1, 0.15) is 10.6 Å². The molecule has 3 amide bonds. The van der Waals surface area contributed by atoms with Crippen LogP contribution in [-0.2, 0) is 9.53 Å². The molecular weight excluding hydrogens is 512 g/mol. The number of thiophene rings is 1. The molecule has 1 aliphatic heterocycles. The van der Waals surface area contributed by atoms with E-state index in [-0.39, 0.29) is 30.7 Å². The molecule has 2 aromatic carbocycles. The summed E-state index contributed by atoms with van der Waals surface area (Å²) >= 11 is 7.36. The van der Waals surface area contributed by atoms with Crippen LogP contribution in [0.2, 0.25) is 5.02 Å². The Bertz CT molecular complexity index is 1310.